The van der Waals surface area contributed by atoms with Gasteiger partial charge in [0.25, 0.3) is 0 Å². The number of amides is 5. The normalized spacial score (nSPS) is 13.7. The fraction of sp³-hybridized carbons (Fsp3) is 0.423. The van der Waals surface area contributed by atoms with E-state index in [1.807, 2.05) is 0 Å². The van der Waals surface area contributed by atoms with Crippen LogP contribution < -0.4 is 33.2 Å². The van der Waals surface area contributed by atoms with Gasteiger partial charge in [0, 0.05) is 42.8 Å². The molecule has 5 amide bonds. The van der Waals surface area contributed by atoms with Crippen LogP contribution in [0.5, 0.6) is 0 Å². The van der Waals surface area contributed by atoms with Gasteiger partial charge in [0.1, 0.15) is 18.1 Å². The summed E-state index contributed by atoms with van der Waals surface area (Å²) in [7, 11) is 0. The van der Waals surface area contributed by atoms with E-state index in [0.717, 1.165) is 10.9 Å². The fourth-order valence-corrected chi connectivity index (χ4v) is 4.06. The predicted molar refractivity (Wildman–Crippen MR) is 147 cm³/mol. The lowest BCUT2D eigenvalue weighted by Crippen LogP contribution is -2.57. The molecule has 2 rings (SSSR count). The number of nitrogens with one attached hydrogen (secondary N) is 4. The highest BCUT2D eigenvalue weighted by Crippen LogP contribution is 2.19. The minimum absolute atomic E-state index is 0.0648. The van der Waals surface area contributed by atoms with Crippen LogP contribution in [0.2, 0.25) is 0 Å². The Balaban J connectivity index is 2.30. The molecule has 0 aliphatic carbocycles. The predicted octanol–water partition coefficient (Wildman–Crippen LogP) is -2.03. The van der Waals surface area contributed by atoms with Crippen LogP contribution in [0.1, 0.15) is 44.1 Å². The zero-order valence-electron chi connectivity index (χ0n) is 22.6. The lowest BCUT2D eigenvalue weighted by atomic mass is 10.0. The number of carboxylic acid groups (broad SMARTS) is 2. The van der Waals surface area contributed by atoms with E-state index in [1.165, 1.54) is 0 Å². The van der Waals surface area contributed by atoms with Gasteiger partial charge in [0.05, 0.1) is 6.04 Å². The number of benzene rings is 1. The lowest BCUT2D eigenvalue weighted by molar-refractivity contribution is -0.143. The number of rotatable bonds is 18. The van der Waals surface area contributed by atoms with E-state index in [1.54, 1.807) is 30.5 Å². The number of aliphatic carboxylic acids is 2. The van der Waals surface area contributed by atoms with E-state index in [9.17, 15) is 38.7 Å². The molecule has 0 fully saturated rings. The van der Waals surface area contributed by atoms with E-state index in [4.69, 9.17) is 22.3 Å². The van der Waals surface area contributed by atoms with Crippen molar-refractivity contribution in [2.75, 3.05) is 0 Å². The van der Waals surface area contributed by atoms with Crippen molar-refractivity contribution in [2.45, 2.75) is 69.1 Å². The van der Waals surface area contributed by atoms with Gasteiger partial charge in [-0.3, -0.25) is 28.8 Å². The van der Waals surface area contributed by atoms with Gasteiger partial charge in [-0.2, -0.15) is 0 Å². The minimum Gasteiger partial charge on any atom is -0.481 e. The monoisotopic (exact) mass is 589 g/mol. The molecule has 42 heavy (non-hydrogen) atoms. The molecule has 0 spiro atoms. The first-order valence-corrected chi connectivity index (χ1v) is 13.0. The van der Waals surface area contributed by atoms with E-state index in [0.29, 0.717) is 5.56 Å². The van der Waals surface area contributed by atoms with Crippen molar-refractivity contribution in [3.05, 3.63) is 36.0 Å². The number of carboxylic acids is 2. The first-order chi connectivity index (χ1) is 19.8. The summed E-state index contributed by atoms with van der Waals surface area (Å²) in [6, 6.07) is 1.63. The zero-order valence-corrected chi connectivity index (χ0v) is 22.6. The number of aromatic nitrogens is 1. The first-order valence-electron chi connectivity index (χ1n) is 13.0. The summed E-state index contributed by atoms with van der Waals surface area (Å²) in [4.78, 5) is 87.3. The average Bonchev–Trinajstić information content (AvgIpc) is 3.33. The molecule has 1 aromatic carbocycles. The molecule has 0 saturated carbocycles. The second-order valence-corrected chi connectivity index (χ2v) is 9.63. The second kappa shape index (κ2) is 15.7. The summed E-state index contributed by atoms with van der Waals surface area (Å²) >= 11 is 0. The summed E-state index contributed by atoms with van der Waals surface area (Å²) in [5, 5.41) is 26.2. The molecule has 2 aromatic rings. The Kier molecular flexibility index (Phi) is 12.4. The van der Waals surface area contributed by atoms with Crippen molar-refractivity contribution in [3.63, 3.8) is 0 Å². The van der Waals surface area contributed by atoms with Crippen LogP contribution in [0, 0.1) is 0 Å². The Bertz CT molecular complexity index is 1330. The van der Waals surface area contributed by atoms with Crippen LogP contribution in [0.3, 0.4) is 0 Å². The number of primary amides is 2. The van der Waals surface area contributed by atoms with Gasteiger partial charge < -0.3 is 48.3 Å². The summed E-state index contributed by atoms with van der Waals surface area (Å²) in [6.07, 6.45) is -0.340. The van der Waals surface area contributed by atoms with Crippen LogP contribution in [0.4, 0.5) is 0 Å². The van der Waals surface area contributed by atoms with Crippen molar-refractivity contribution in [1.29, 1.82) is 0 Å². The molecule has 0 bridgehead atoms. The third-order valence-corrected chi connectivity index (χ3v) is 6.34. The maximum absolute atomic E-state index is 13.5. The summed E-state index contributed by atoms with van der Waals surface area (Å²) in [6.45, 7) is 0. The molecule has 4 atom stereocenters. The van der Waals surface area contributed by atoms with Gasteiger partial charge in [-0.25, -0.2) is 4.79 Å². The largest absolute Gasteiger partial charge is 0.481 e. The van der Waals surface area contributed by atoms with Crippen molar-refractivity contribution < 1.29 is 43.8 Å². The molecule has 0 saturated heterocycles. The smallest absolute Gasteiger partial charge is 0.326 e. The molecular formula is C26H35N7O9. The maximum atomic E-state index is 13.5. The molecule has 16 nitrogen and oxygen atoms in total. The third-order valence-electron chi connectivity index (χ3n) is 6.34. The molecule has 228 valence electrons. The standard InChI is InChI=1S/C26H35N7O9/c27-15(5-8-20(28)34)23(38)33-19(11-13-12-30-16-4-2-1-3-14(13)16)25(40)31-17(6-9-21(29)35)24(39)32-18(26(41)42)7-10-22(36)37/h1-4,12,15,17-19,30H,5-11,27H2,(H2,28,34)(H2,29,35)(H,31,40)(H,32,39)(H,33,38)(H,36,37)(H,41,42). The third kappa shape index (κ3) is 10.5. The van der Waals surface area contributed by atoms with E-state index >= 15 is 0 Å². The fourth-order valence-electron chi connectivity index (χ4n) is 4.06. The topological polar surface area (TPSA) is 290 Å². The van der Waals surface area contributed by atoms with Crippen LogP contribution in [0.25, 0.3) is 10.9 Å². The van der Waals surface area contributed by atoms with Crippen molar-refractivity contribution in [3.8, 4) is 0 Å². The molecule has 1 heterocycles. The Hall–Kier alpha value is -4.99. The molecule has 0 aliphatic rings. The molecule has 1 aromatic heterocycles. The second-order valence-electron chi connectivity index (χ2n) is 9.63. The van der Waals surface area contributed by atoms with Crippen LogP contribution in [-0.4, -0.2) is 80.8 Å². The number of nitrogens with two attached hydrogens (primary N) is 3. The van der Waals surface area contributed by atoms with E-state index < -0.39 is 78.5 Å². The number of carbonyl (C=O) groups is 7. The molecule has 16 heteroatoms. The van der Waals surface area contributed by atoms with Crippen molar-refractivity contribution in [1.82, 2.24) is 20.9 Å². The molecule has 4 unspecified atom stereocenters. The molecule has 0 radical (unpaired) electrons. The Morgan fingerprint density at radius 3 is 1.90 bits per heavy atom. The van der Waals surface area contributed by atoms with Gasteiger partial charge in [-0.15, -0.1) is 0 Å². The molecular weight excluding hydrogens is 554 g/mol. The van der Waals surface area contributed by atoms with Gasteiger partial charge in [-0.05, 0) is 30.9 Å². The average molecular weight is 590 g/mol. The quantitative estimate of drug-likeness (QED) is 0.0918. The van der Waals surface area contributed by atoms with Gasteiger partial charge in [0.15, 0.2) is 0 Å². The summed E-state index contributed by atoms with van der Waals surface area (Å²) < 4.78 is 0. The van der Waals surface area contributed by atoms with Crippen molar-refractivity contribution in [2.24, 2.45) is 17.2 Å². The summed E-state index contributed by atoms with van der Waals surface area (Å²) in [5.74, 6) is -6.88. The lowest BCUT2D eigenvalue weighted by Gasteiger charge is -2.25. The number of carbonyl (C=O) groups excluding carboxylic acids is 5. The van der Waals surface area contributed by atoms with E-state index in [-0.39, 0.29) is 32.1 Å². The minimum atomic E-state index is -1.59. The van der Waals surface area contributed by atoms with Gasteiger partial charge >= 0.3 is 11.9 Å². The zero-order chi connectivity index (χ0) is 31.4. The van der Waals surface area contributed by atoms with Crippen molar-refractivity contribution >= 4 is 52.4 Å². The number of H-pyrrole nitrogens is 1. The highest BCUT2D eigenvalue weighted by Gasteiger charge is 2.31. The van der Waals surface area contributed by atoms with Crippen LogP contribution >= 0.6 is 0 Å². The Labute approximate surface area is 239 Å². The Morgan fingerprint density at radius 2 is 1.29 bits per heavy atom. The number of hydrogen-bond donors (Lipinski definition) is 9. The number of aromatic amines is 1. The number of para-hydroxylation sites is 1. The molecule has 0 aliphatic heterocycles. The summed E-state index contributed by atoms with van der Waals surface area (Å²) in [5.41, 5.74) is 17.6. The Morgan fingerprint density at radius 1 is 0.738 bits per heavy atom. The highest BCUT2D eigenvalue weighted by atomic mass is 16.4. The highest BCUT2D eigenvalue weighted by molar-refractivity contribution is 5.95. The van der Waals surface area contributed by atoms with Gasteiger partial charge in [-0.1, -0.05) is 18.2 Å². The van der Waals surface area contributed by atoms with Crippen LogP contribution in [-0.2, 0) is 40.0 Å². The SMILES string of the molecule is NC(=O)CCC(N)C(=O)NC(Cc1c[nH]c2ccccc12)C(=O)NC(CCC(N)=O)C(=O)NC(CCC(=O)O)C(=O)O. The van der Waals surface area contributed by atoms with Gasteiger partial charge in [0.2, 0.25) is 29.5 Å². The number of hydrogen-bond acceptors (Lipinski definition) is 8. The maximum Gasteiger partial charge on any atom is 0.326 e. The molecule has 12 N–H and O–H groups in total. The van der Waals surface area contributed by atoms with E-state index in [2.05, 4.69) is 20.9 Å². The number of fused-ring (bicyclic) bond motifs is 1. The van der Waals surface area contributed by atoms with Crippen LogP contribution in [0.15, 0.2) is 30.5 Å². The first kappa shape index (κ1) is 33.2.